The van der Waals surface area contributed by atoms with Gasteiger partial charge in [0.15, 0.2) is 5.82 Å². The van der Waals surface area contributed by atoms with Gasteiger partial charge in [-0.1, -0.05) is 218 Å². The molecule has 0 bridgehead atoms. The summed E-state index contributed by atoms with van der Waals surface area (Å²) in [5, 5.41) is 7.40. The van der Waals surface area contributed by atoms with Gasteiger partial charge < -0.3 is 13.7 Å². The van der Waals surface area contributed by atoms with Crippen LogP contribution >= 0.6 is 0 Å². The number of benzene rings is 11. The van der Waals surface area contributed by atoms with Crippen molar-refractivity contribution in [1.29, 1.82) is 0 Å². The van der Waals surface area contributed by atoms with Crippen LogP contribution in [-0.2, 0) is 11.1 Å². The van der Waals surface area contributed by atoms with Gasteiger partial charge in [-0.05, 0) is 117 Å². The number of para-hydroxylation sites is 2. The summed E-state index contributed by atoms with van der Waals surface area (Å²) in [7, 11) is 0. The van der Waals surface area contributed by atoms with E-state index in [9.17, 15) is 0 Å². The largest absolute Gasteiger partial charge is 0.331 e. The van der Waals surface area contributed by atoms with E-state index in [0.717, 1.165) is 50.4 Å². The van der Waals surface area contributed by atoms with E-state index in [1.165, 1.54) is 87.8 Å². The normalized spacial score (nSPS) is 12.2. The Morgan fingerprint density at radius 3 is 1.07 bits per heavy atom. The monoisotopic (exact) mass is 1050 g/mol. The quantitative estimate of drug-likeness (QED) is 0.137. The maximum Gasteiger partial charge on any atom is 0.160 e. The molecule has 0 unspecified atom stereocenters. The Morgan fingerprint density at radius 2 is 0.622 bits per heavy atom. The zero-order valence-corrected chi connectivity index (χ0v) is 46.6. The first kappa shape index (κ1) is 49.0. The fourth-order valence-electron chi connectivity index (χ4n) is 13.2. The predicted octanol–water partition coefficient (Wildman–Crippen LogP) is 20.0. The predicted molar refractivity (Wildman–Crippen MR) is 344 cm³/mol. The molecule has 0 amide bonds. The van der Waals surface area contributed by atoms with Gasteiger partial charge in [0.25, 0.3) is 0 Å². The molecule has 0 N–H and O–H groups in total. The van der Waals surface area contributed by atoms with E-state index in [4.69, 9.17) is 9.97 Å². The third-order valence-corrected chi connectivity index (χ3v) is 17.5. The molecule has 5 nitrogen and oxygen atoms in total. The molecule has 0 atom stereocenters. The molecule has 0 aliphatic carbocycles. The Kier molecular flexibility index (Phi) is 11.4. The van der Waals surface area contributed by atoms with Gasteiger partial charge in [-0.15, -0.1) is 0 Å². The zero-order chi connectivity index (χ0) is 55.3. The number of rotatable bonds is 10. The van der Waals surface area contributed by atoms with Gasteiger partial charge in [-0.2, -0.15) is 0 Å². The van der Waals surface area contributed by atoms with Crippen LogP contribution in [0.4, 0.5) is 0 Å². The van der Waals surface area contributed by atoms with E-state index in [1.54, 1.807) is 0 Å². The molecule has 0 aliphatic heterocycles. The van der Waals surface area contributed by atoms with Crippen LogP contribution in [0, 0.1) is 6.92 Å². The van der Waals surface area contributed by atoms with E-state index in [2.05, 4.69) is 309 Å². The average molecular weight is 1050 g/mol. The van der Waals surface area contributed by atoms with Crippen LogP contribution in [0.5, 0.6) is 0 Å². The molecule has 0 spiro atoms. The van der Waals surface area contributed by atoms with Crippen LogP contribution in [0.15, 0.2) is 267 Å². The third kappa shape index (κ3) is 7.83. The molecule has 0 aliphatic rings. The van der Waals surface area contributed by atoms with Gasteiger partial charge in [0.1, 0.15) is 0 Å². The van der Waals surface area contributed by atoms with Gasteiger partial charge in [0.2, 0.25) is 0 Å². The number of aromatic nitrogens is 5. The standard InChI is InChI=1S/C77H59N5/c1-50-73(53-26-14-8-15-27-53)78-75(55-28-16-9-17-29-55)79-74(50)54-34-40-60(41-35-54)80-69-48-58(76(2,3)81-67-32-20-18-30-61(67)65-42-36-56(46-71(65)81)51-22-10-6-11-23-51)38-44-63(69)64-45-39-59(49-70(64)80)77(4,5)82-68-33-21-19-31-62(68)66-43-37-57(47-72(66)82)52-24-12-7-13-25-52/h6-49H,1-5H3. The van der Waals surface area contributed by atoms with Crippen molar-refractivity contribution in [1.82, 2.24) is 23.7 Å². The van der Waals surface area contributed by atoms with Crippen LogP contribution in [0.1, 0.15) is 44.4 Å². The second-order valence-corrected chi connectivity index (χ2v) is 23.0. The minimum absolute atomic E-state index is 0.476. The summed E-state index contributed by atoms with van der Waals surface area (Å²) >= 11 is 0. The van der Waals surface area contributed by atoms with Crippen LogP contribution in [-0.4, -0.2) is 23.7 Å². The molecule has 392 valence electrons. The topological polar surface area (TPSA) is 40.6 Å². The summed E-state index contributed by atoms with van der Waals surface area (Å²) < 4.78 is 7.64. The molecule has 11 aromatic carbocycles. The third-order valence-electron chi connectivity index (χ3n) is 17.5. The smallest absolute Gasteiger partial charge is 0.160 e. The molecule has 4 heterocycles. The summed E-state index contributed by atoms with van der Waals surface area (Å²) in [6, 6.07) is 97.4. The molecule has 0 radical (unpaired) electrons. The minimum Gasteiger partial charge on any atom is -0.331 e. The van der Waals surface area contributed by atoms with E-state index in [1.807, 2.05) is 6.07 Å². The van der Waals surface area contributed by atoms with Crippen LogP contribution in [0.3, 0.4) is 0 Å². The number of hydrogen-bond donors (Lipinski definition) is 0. The lowest BCUT2D eigenvalue weighted by Gasteiger charge is -2.30. The maximum absolute atomic E-state index is 5.33. The Bertz CT molecular complexity index is 4720. The molecule has 0 saturated carbocycles. The van der Waals surface area contributed by atoms with E-state index >= 15 is 0 Å². The summed E-state index contributed by atoms with van der Waals surface area (Å²) in [5.74, 6) is 0.705. The summed E-state index contributed by atoms with van der Waals surface area (Å²) in [6.07, 6.45) is 0. The molecular formula is C77H59N5. The highest BCUT2D eigenvalue weighted by molar-refractivity contribution is 6.12. The minimum atomic E-state index is -0.476. The van der Waals surface area contributed by atoms with E-state index in [-0.39, 0.29) is 0 Å². The number of fused-ring (bicyclic) bond motifs is 9. The maximum atomic E-state index is 5.33. The molecular weight excluding hydrogens is 995 g/mol. The molecule has 15 rings (SSSR count). The van der Waals surface area contributed by atoms with Crippen LogP contribution in [0.25, 0.3) is 127 Å². The van der Waals surface area contributed by atoms with Crippen LogP contribution < -0.4 is 0 Å². The van der Waals surface area contributed by atoms with Gasteiger partial charge in [0.05, 0.1) is 44.5 Å². The van der Waals surface area contributed by atoms with Gasteiger partial charge in [-0.3, -0.25) is 0 Å². The van der Waals surface area contributed by atoms with E-state index < -0.39 is 11.1 Å². The summed E-state index contributed by atoms with van der Waals surface area (Å²) in [5.41, 5.74) is 20.5. The second-order valence-electron chi connectivity index (χ2n) is 23.0. The van der Waals surface area contributed by atoms with Crippen molar-refractivity contribution in [2.45, 2.75) is 45.7 Å². The van der Waals surface area contributed by atoms with Crippen molar-refractivity contribution < 1.29 is 0 Å². The van der Waals surface area contributed by atoms with Crippen molar-refractivity contribution in [2.24, 2.45) is 0 Å². The fraction of sp³-hybridized carbons (Fsp3) is 0.0909. The number of hydrogen-bond acceptors (Lipinski definition) is 2. The van der Waals surface area contributed by atoms with E-state index in [0.29, 0.717) is 5.82 Å². The van der Waals surface area contributed by atoms with Gasteiger partial charge in [0, 0.05) is 71.3 Å². The first-order chi connectivity index (χ1) is 40.1. The van der Waals surface area contributed by atoms with Gasteiger partial charge >= 0.3 is 0 Å². The highest BCUT2D eigenvalue weighted by atomic mass is 15.1. The summed E-state index contributed by atoms with van der Waals surface area (Å²) in [6.45, 7) is 11.7. The molecule has 0 saturated heterocycles. The van der Waals surface area contributed by atoms with Crippen molar-refractivity contribution in [3.63, 3.8) is 0 Å². The lowest BCUT2D eigenvalue weighted by molar-refractivity contribution is 0.465. The Labute approximate surface area is 477 Å². The average Bonchev–Trinajstić information content (AvgIpc) is 4.38. The molecule has 0 fully saturated rings. The van der Waals surface area contributed by atoms with Crippen molar-refractivity contribution in [3.05, 3.63) is 284 Å². The molecule has 15 aromatic rings. The van der Waals surface area contributed by atoms with Crippen molar-refractivity contribution >= 4 is 65.4 Å². The first-order valence-electron chi connectivity index (χ1n) is 28.5. The molecule has 4 aromatic heterocycles. The Hall–Kier alpha value is -10.1. The summed E-state index contributed by atoms with van der Waals surface area (Å²) in [4.78, 5) is 10.5. The highest BCUT2D eigenvalue weighted by Crippen LogP contribution is 2.45. The van der Waals surface area contributed by atoms with Crippen LogP contribution in [0.2, 0.25) is 0 Å². The van der Waals surface area contributed by atoms with Crippen molar-refractivity contribution in [2.75, 3.05) is 0 Å². The fourth-order valence-corrected chi connectivity index (χ4v) is 13.2. The Morgan fingerprint density at radius 1 is 0.280 bits per heavy atom. The zero-order valence-electron chi connectivity index (χ0n) is 46.6. The highest BCUT2D eigenvalue weighted by Gasteiger charge is 2.31. The lowest BCUT2D eigenvalue weighted by atomic mass is 9.91. The molecule has 5 heteroatoms. The SMILES string of the molecule is Cc1c(-c2ccccc2)nc(-c2ccccc2)nc1-c1ccc(-n2c3cc(C(C)(C)n4c5ccccc5c5ccc(-c6ccccc6)cc54)ccc3c3ccc(C(C)(C)n4c5ccccc5c5ccc(-c6ccccc6)cc54)cc32)cc1. The van der Waals surface area contributed by atoms with Gasteiger partial charge in [-0.25, -0.2) is 9.97 Å². The van der Waals surface area contributed by atoms with Crippen molar-refractivity contribution in [3.8, 4) is 61.8 Å². The first-order valence-corrected chi connectivity index (χ1v) is 28.5. The lowest BCUT2D eigenvalue weighted by Crippen LogP contribution is -2.27. The molecule has 82 heavy (non-hydrogen) atoms. The number of nitrogens with zero attached hydrogens (tertiary/aromatic N) is 5. The Balaban J connectivity index is 0.941. The second kappa shape index (κ2) is 19.0.